The third kappa shape index (κ3) is 4.03. The first-order valence-corrected chi connectivity index (χ1v) is 11.4. The van der Waals surface area contributed by atoms with Crippen molar-refractivity contribution in [1.29, 1.82) is 0 Å². The predicted octanol–water partition coefficient (Wildman–Crippen LogP) is 3.33. The van der Waals surface area contributed by atoms with Crippen molar-refractivity contribution in [3.8, 4) is 0 Å². The first kappa shape index (κ1) is 19.9. The van der Waals surface area contributed by atoms with Gasteiger partial charge >= 0.3 is 0 Å². The van der Waals surface area contributed by atoms with E-state index in [1.165, 1.54) is 16.4 Å². The number of amides is 1. The predicted molar refractivity (Wildman–Crippen MR) is 113 cm³/mol. The molecule has 1 aliphatic rings. The molecule has 1 amide bonds. The molecule has 1 saturated heterocycles. The molecule has 2 heterocycles. The van der Waals surface area contributed by atoms with Crippen molar-refractivity contribution in [3.63, 3.8) is 0 Å². The Hall–Kier alpha value is -2.35. The van der Waals surface area contributed by atoms with Gasteiger partial charge in [0.2, 0.25) is 15.9 Å². The number of fused-ring (bicyclic) bond motifs is 1. The number of para-hydroxylation sites is 1. The van der Waals surface area contributed by atoms with E-state index in [2.05, 4.69) is 10.3 Å². The Morgan fingerprint density at radius 1 is 1.17 bits per heavy atom. The number of halogens is 1. The van der Waals surface area contributed by atoms with E-state index in [9.17, 15) is 13.2 Å². The highest BCUT2D eigenvalue weighted by molar-refractivity contribution is 7.89. The number of hydrogen-bond donors (Lipinski definition) is 2. The van der Waals surface area contributed by atoms with Crippen LogP contribution >= 0.6 is 11.6 Å². The van der Waals surface area contributed by atoms with Crippen molar-refractivity contribution >= 4 is 38.4 Å². The summed E-state index contributed by atoms with van der Waals surface area (Å²) in [6, 6.07) is 13.4. The molecular weight excluding hydrogens is 410 g/mol. The summed E-state index contributed by atoms with van der Waals surface area (Å²) in [7, 11) is -3.74. The monoisotopic (exact) mass is 431 g/mol. The molecular formula is C21H22ClN3O3S. The topological polar surface area (TPSA) is 82.3 Å². The maximum absolute atomic E-state index is 13.0. The molecule has 152 valence electrons. The molecule has 4 rings (SSSR count). The average molecular weight is 432 g/mol. The number of benzene rings is 2. The van der Waals surface area contributed by atoms with E-state index in [1.807, 2.05) is 30.5 Å². The second-order valence-corrected chi connectivity index (χ2v) is 9.46. The molecule has 29 heavy (non-hydrogen) atoms. The van der Waals surface area contributed by atoms with Gasteiger partial charge in [-0.2, -0.15) is 4.31 Å². The summed E-state index contributed by atoms with van der Waals surface area (Å²) in [5.41, 5.74) is 2.18. The lowest BCUT2D eigenvalue weighted by Crippen LogP contribution is -2.46. The molecule has 0 radical (unpaired) electrons. The Labute approximate surface area is 174 Å². The van der Waals surface area contributed by atoms with Crippen LogP contribution in [0.1, 0.15) is 18.4 Å². The quantitative estimate of drug-likeness (QED) is 0.628. The summed E-state index contributed by atoms with van der Waals surface area (Å²) in [4.78, 5) is 16.1. The Morgan fingerprint density at radius 2 is 1.93 bits per heavy atom. The van der Waals surface area contributed by atoms with Crippen molar-refractivity contribution in [1.82, 2.24) is 14.6 Å². The van der Waals surface area contributed by atoms with Crippen molar-refractivity contribution in [3.05, 3.63) is 65.3 Å². The maximum Gasteiger partial charge on any atom is 0.243 e. The summed E-state index contributed by atoms with van der Waals surface area (Å²) >= 11 is 5.86. The fourth-order valence-electron chi connectivity index (χ4n) is 3.81. The van der Waals surface area contributed by atoms with E-state index in [4.69, 9.17) is 11.6 Å². The molecule has 6 nitrogen and oxygen atoms in total. The summed E-state index contributed by atoms with van der Waals surface area (Å²) in [6.07, 6.45) is 3.80. The normalized spacial score (nSPS) is 17.6. The number of carbonyl (C=O) groups is 1. The molecule has 8 heteroatoms. The number of sulfonamides is 1. The van der Waals surface area contributed by atoms with Gasteiger partial charge in [0.05, 0.1) is 4.90 Å². The highest BCUT2D eigenvalue weighted by Gasteiger charge is 2.39. The largest absolute Gasteiger partial charge is 0.361 e. The van der Waals surface area contributed by atoms with Crippen LogP contribution in [0.15, 0.2) is 59.6 Å². The van der Waals surface area contributed by atoms with Crippen LogP contribution in [0.2, 0.25) is 5.02 Å². The van der Waals surface area contributed by atoms with Crippen LogP contribution < -0.4 is 5.32 Å². The molecule has 1 fully saturated rings. The number of aromatic nitrogens is 1. The van der Waals surface area contributed by atoms with Crippen LogP contribution in [0.4, 0.5) is 0 Å². The van der Waals surface area contributed by atoms with Gasteiger partial charge < -0.3 is 10.3 Å². The van der Waals surface area contributed by atoms with Crippen LogP contribution in [-0.4, -0.2) is 42.7 Å². The third-order valence-electron chi connectivity index (χ3n) is 5.30. The summed E-state index contributed by atoms with van der Waals surface area (Å²) in [5.74, 6) is -0.250. The van der Waals surface area contributed by atoms with Gasteiger partial charge in [-0.1, -0.05) is 29.8 Å². The number of hydrogen-bond acceptors (Lipinski definition) is 3. The van der Waals surface area contributed by atoms with E-state index < -0.39 is 16.1 Å². The van der Waals surface area contributed by atoms with Gasteiger partial charge in [-0.3, -0.25) is 4.79 Å². The minimum Gasteiger partial charge on any atom is -0.361 e. The Morgan fingerprint density at radius 3 is 2.72 bits per heavy atom. The number of rotatable bonds is 6. The zero-order chi connectivity index (χ0) is 20.4. The smallest absolute Gasteiger partial charge is 0.243 e. The van der Waals surface area contributed by atoms with E-state index in [1.54, 1.807) is 12.1 Å². The van der Waals surface area contributed by atoms with Gasteiger partial charge in [0, 0.05) is 35.2 Å². The minimum absolute atomic E-state index is 0.153. The van der Waals surface area contributed by atoms with Crippen LogP contribution in [0.5, 0.6) is 0 Å². The van der Waals surface area contributed by atoms with Gasteiger partial charge in [-0.25, -0.2) is 8.42 Å². The first-order chi connectivity index (χ1) is 14.0. The zero-order valence-electron chi connectivity index (χ0n) is 15.8. The molecule has 1 aliphatic heterocycles. The van der Waals surface area contributed by atoms with Gasteiger partial charge in [0.15, 0.2) is 0 Å². The van der Waals surface area contributed by atoms with Gasteiger partial charge in [-0.05, 0) is 55.2 Å². The van der Waals surface area contributed by atoms with Crippen LogP contribution in [0, 0.1) is 0 Å². The van der Waals surface area contributed by atoms with Crippen LogP contribution in [0.25, 0.3) is 10.9 Å². The highest BCUT2D eigenvalue weighted by Crippen LogP contribution is 2.27. The number of carbonyl (C=O) groups excluding carboxylic acids is 1. The fourth-order valence-corrected chi connectivity index (χ4v) is 5.59. The molecule has 0 bridgehead atoms. The third-order valence-corrected chi connectivity index (χ3v) is 7.47. The van der Waals surface area contributed by atoms with Crippen LogP contribution in [-0.2, 0) is 21.2 Å². The number of aromatic amines is 1. The molecule has 0 saturated carbocycles. The van der Waals surface area contributed by atoms with Gasteiger partial charge in [-0.15, -0.1) is 0 Å². The van der Waals surface area contributed by atoms with Gasteiger partial charge in [0.25, 0.3) is 0 Å². The molecule has 0 spiro atoms. The summed E-state index contributed by atoms with van der Waals surface area (Å²) < 4.78 is 27.2. The van der Waals surface area contributed by atoms with E-state index in [0.29, 0.717) is 37.4 Å². The van der Waals surface area contributed by atoms with Crippen molar-refractivity contribution in [2.75, 3.05) is 13.1 Å². The minimum atomic E-state index is -3.74. The standard InChI is InChI=1S/C21H22ClN3O3S/c22-16-7-9-17(10-8-16)29(27,28)25-13-3-6-20(25)21(26)23-12-11-15-14-24-19-5-2-1-4-18(15)19/h1-2,4-5,7-10,14,20,24H,3,6,11-13H2,(H,23,26)/t20-/m0/s1. The molecule has 1 atom stereocenters. The summed E-state index contributed by atoms with van der Waals surface area (Å²) in [6.45, 7) is 0.789. The lowest BCUT2D eigenvalue weighted by molar-refractivity contribution is -0.124. The molecule has 3 aromatic rings. The Bertz CT molecular complexity index is 1130. The van der Waals surface area contributed by atoms with Crippen molar-refractivity contribution in [2.24, 2.45) is 0 Å². The average Bonchev–Trinajstić information content (AvgIpc) is 3.36. The fraction of sp³-hybridized carbons (Fsp3) is 0.286. The van der Waals surface area contributed by atoms with E-state index in [-0.39, 0.29) is 10.8 Å². The first-order valence-electron chi connectivity index (χ1n) is 9.57. The zero-order valence-corrected chi connectivity index (χ0v) is 17.3. The second kappa shape index (κ2) is 8.18. The molecule has 2 N–H and O–H groups in total. The highest BCUT2D eigenvalue weighted by atomic mass is 35.5. The van der Waals surface area contributed by atoms with E-state index >= 15 is 0 Å². The number of H-pyrrole nitrogens is 1. The van der Waals surface area contributed by atoms with Crippen molar-refractivity contribution < 1.29 is 13.2 Å². The molecule has 0 aliphatic carbocycles. The number of nitrogens with one attached hydrogen (secondary N) is 2. The molecule has 1 aromatic heterocycles. The lowest BCUT2D eigenvalue weighted by atomic mass is 10.1. The lowest BCUT2D eigenvalue weighted by Gasteiger charge is -2.23. The SMILES string of the molecule is O=C(NCCc1c[nH]c2ccccc12)[C@@H]1CCCN1S(=O)(=O)c1ccc(Cl)cc1. The summed E-state index contributed by atoms with van der Waals surface area (Å²) in [5, 5.41) is 4.51. The Kier molecular flexibility index (Phi) is 5.63. The van der Waals surface area contributed by atoms with E-state index in [0.717, 1.165) is 16.5 Å². The van der Waals surface area contributed by atoms with Gasteiger partial charge in [0.1, 0.15) is 6.04 Å². The maximum atomic E-state index is 13.0. The second-order valence-electron chi connectivity index (χ2n) is 7.13. The molecule has 2 aromatic carbocycles. The number of nitrogens with zero attached hydrogens (tertiary/aromatic N) is 1. The van der Waals surface area contributed by atoms with Crippen molar-refractivity contribution in [2.45, 2.75) is 30.2 Å². The Balaban J connectivity index is 1.42. The molecule has 0 unspecified atom stereocenters. The van der Waals surface area contributed by atoms with Crippen LogP contribution in [0.3, 0.4) is 0 Å².